The Labute approximate surface area is 109 Å². The van der Waals surface area contributed by atoms with E-state index in [9.17, 15) is 18.5 Å². The third-order valence-electron chi connectivity index (χ3n) is 2.41. The second kappa shape index (κ2) is 4.79. The van der Waals surface area contributed by atoms with Gasteiger partial charge in [-0.2, -0.15) is 8.42 Å². The maximum atomic E-state index is 10.9. The molecule has 0 unspecified atom stereocenters. The Kier molecular flexibility index (Phi) is 3.32. The molecule has 0 bridgehead atoms. The Morgan fingerprint density at radius 3 is 2.47 bits per heavy atom. The first-order chi connectivity index (χ1) is 8.89. The monoisotopic (exact) mass is 277 g/mol. The molecule has 0 aliphatic rings. The highest BCUT2D eigenvalue weighted by molar-refractivity contribution is 7.85. The van der Waals surface area contributed by atoms with Crippen molar-refractivity contribution in [1.82, 2.24) is 0 Å². The lowest BCUT2D eigenvalue weighted by atomic mass is 10.0. The maximum absolute atomic E-state index is 10.9. The molecule has 0 atom stereocenters. The molecule has 0 fully saturated rings. The zero-order valence-corrected chi connectivity index (χ0v) is 10.2. The van der Waals surface area contributed by atoms with Crippen LogP contribution in [-0.2, 0) is 10.1 Å². The van der Waals surface area contributed by atoms with Crippen LogP contribution in [0.2, 0.25) is 0 Å². The van der Waals surface area contributed by atoms with E-state index < -0.39 is 15.0 Å². The molecule has 19 heavy (non-hydrogen) atoms. The molecule has 0 amide bonds. The van der Waals surface area contributed by atoms with Gasteiger partial charge >= 0.3 is 0 Å². The van der Waals surface area contributed by atoms with Gasteiger partial charge in [0.15, 0.2) is 0 Å². The summed E-state index contributed by atoms with van der Waals surface area (Å²) in [5.74, 6) is 0. The van der Waals surface area contributed by atoms with Crippen LogP contribution in [0.4, 0.5) is 5.69 Å². The van der Waals surface area contributed by atoms with Crippen molar-refractivity contribution in [3.8, 4) is 11.1 Å². The van der Waals surface area contributed by atoms with Crippen LogP contribution in [0.15, 0.2) is 41.3 Å². The SMILES string of the molecule is O=[N+]([O-])c1cc[c]cc1-c1c[c]c(S(=O)(=O)O)cc1. The minimum Gasteiger partial charge on any atom is -0.282 e. The molecule has 96 valence electrons. The molecule has 0 spiro atoms. The van der Waals surface area contributed by atoms with E-state index in [4.69, 9.17) is 4.55 Å². The van der Waals surface area contributed by atoms with E-state index in [0.717, 1.165) is 6.07 Å². The van der Waals surface area contributed by atoms with Crippen molar-refractivity contribution < 1.29 is 17.9 Å². The number of nitro benzene ring substituents is 1. The number of nitrogens with zero attached hydrogens (tertiary/aromatic N) is 1. The fraction of sp³-hybridized carbons (Fsp3) is 0. The Morgan fingerprint density at radius 1 is 1.21 bits per heavy atom. The zero-order valence-electron chi connectivity index (χ0n) is 9.40. The molecule has 0 aliphatic heterocycles. The Balaban J connectivity index is 2.52. The van der Waals surface area contributed by atoms with Gasteiger partial charge in [0, 0.05) is 12.1 Å². The molecule has 1 N–H and O–H groups in total. The molecular formula is C12H7NO5S. The fourth-order valence-electron chi connectivity index (χ4n) is 1.55. The lowest BCUT2D eigenvalue weighted by Gasteiger charge is -2.03. The molecule has 0 saturated carbocycles. The lowest BCUT2D eigenvalue weighted by Crippen LogP contribution is -1.98. The molecular weight excluding hydrogens is 270 g/mol. The third-order valence-corrected chi connectivity index (χ3v) is 3.22. The first kappa shape index (κ1) is 13.2. The summed E-state index contributed by atoms with van der Waals surface area (Å²) in [6.07, 6.45) is 0. The molecule has 6 nitrogen and oxygen atoms in total. The number of benzene rings is 2. The second-order valence-corrected chi connectivity index (χ2v) is 5.01. The van der Waals surface area contributed by atoms with Crippen molar-refractivity contribution in [2.75, 3.05) is 0 Å². The van der Waals surface area contributed by atoms with E-state index in [1.807, 2.05) is 0 Å². The normalized spacial score (nSPS) is 11.2. The average Bonchev–Trinajstić information content (AvgIpc) is 2.38. The van der Waals surface area contributed by atoms with Crippen molar-refractivity contribution in [2.24, 2.45) is 0 Å². The summed E-state index contributed by atoms with van der Waals surface area (Å²) in [5.41, 5.74) is 0.591. The van der Waals surface area contributed by atoms with Gasteiger partial charge in [0.25, 0.3) is 15.8 Å². The average molecular weight is 277 g/mol. The van der Waals surface area contributed by atoms with Crippen molar-refractivity contribution in [3.63, 3.8) is 0 Å². The molecule has 7 heteroatoms. The number of rotatable bonds is 3. The first-order valence-corrected chi connectivity index (χ1v) is 6.47. The van der Waals surface area contributed by atoms with E-state index in [0.29, 0.717) is 11.1 Å². The molecule has 0 heterocycles. The minimum absolute atomic E-state index is 0.119. The molecule has 2 aromatic carbocycles. The highest BCUT2D eigenvalue weighted by Gasteiger charge is 2.15. The van der Waals surface area contributed by atoms with Gasteiger partial charge in [-0.05, 0) is 35.9 Å². The van der Waals surface area contributed by atoms with E-state index in [1.54, 1.807) is 0 Å². The third kappa shape index (κ3) is 2.78. The van der Waals surface area contributed by atoms with Gasteiger partial charge < -0.3 is 0 Å². The van der Waals surface area contributed by atoms with Crippen LogP contribution < -0.4 is 0 Å². The Bertz CT molecular complexity index is 722. The highest BCUT2D eigenvalue weighted by atomic mass is 32.2. The molecule has 0 aromatic heterocycles. The van der Waals surface area contributed by atoms with Crippen molar-refractivity contribution in [1.29, 1.82) is 0 Å². The van der Waals surface area contributed by atoms with Crippen LogP contribution in [0.3, 0.4) is 0 Å². The van der Waals surface area contributed by atoms with E-state index >= 15 is 0 Å². The van der Waals surface area contributed by atoms with Crippen LogP contribution in [0, 0.1) is 22.2 Å². The zero-order chi connectivity index (χ0) is 14.0. The van der Waals surface area contributed by atoms with E-state index in [-0.39, 0.29) is 10.6 Å². The van der Waals surface area contributed by atoms with Crippen molar-refractivity contribution in [3.05, 3.63) is 58.6 Å². The lowest BCUT2D eigenvalue weighted by molar-refractivity contribution is -0.384. The van der Waals surface area contributed by atoms with Gasteiger partial charge in [0.1, 0.15) is 4.90 Å². The smallest absolute Gasteiger partial charge is 0.282 e. The van der Waals surface area contributed by atoms with Crippen LogP contribution in [0.1, 0.15) is 0 Å². The topological polar surface area (TPSA) is 97.5 Å². The highest BCUT2D eigenvalue weighted by Crippen LogP contribution is 2.29. The van der Waals surface area contributed by atoms with Gasteiger partial charge in [-0.25, -0.2) is 0 Å². The predicted molar refractivity (Wildman–Crippen MR) is 66.0 cm³/mol. The Hall–Kier alpha value is -2.25. The summed E-state index contributed by atoms with van der Waals surface area (Å²) in [5, 5.41) is 10.9. The standard InChI is InChI=1S/C12H7NO5S/c14-13(15)12-4-2-1-3-11(12)9-5-7-10(8-6-9)19(16,17)18/h2-7H,(H,16,17,18). The number of nitro groups is 1. The van der Waals surface area contributed by atoms with Gasteiger partial charge in [0.2, 0.25) is 0 Å². The summed E-state index contributed by atoms with van der Waals surface area (Å²) in [4.78, 5) is 9.94. The molecule has 2 rings (SSSR count). The van der Waals surface area contributed by atoms with Crippen molar-refractivity contribution >= 4 is 15.8 Å². The van der Waals surface area contributed by atoms with Crippen LogP contribution in [-0.4, -0.2) is 17.9 Å². The predicted octanol–water partition coefficient (Wildman–Crippen LogP) is 2.11. The van der Waals surface area contributed by atoms with Crippen molar-refractivity contribution in [2.45, 2.75) is 4.90 Å². The maximum Gasteiger partial charge on any atom is 0.295 e. The fourth-order valence-corrected chi connectivity index (χ4v) is 2.00. The molecule has 2 aromatic rings. The minimum atomic E-state index is -4.33. The summed E-state index contributed by atoms with van der Waals surface area (Å²) in [7, 11) is -4.33. The van der Waals surface area contributed by atoms with Gasteiger partial charge in [-0.1, -0.05) is 6.07 Å². The van der Waals surface area contributed by atoms with Crippen LogP contribution >= 0.6 is 0 Å². The van der Waals surface area contributed by atoms with Gasteiger partial charge in [0.05, 0.1) is 10.5 Å². The summed E-state index contributed by atoms with van der Waals surface area (Å²) >= 11 is 0. The largest absolute Gasteiger partial charge is 0.295 e. The molecule has 0 aliphatic carbocycles. The van der Waals surface area contributed by atoms with Gasteiger partial charge in [-0.15, -0.1) is 0 Å². The molecule has 0 saturated heterocycles. The Morgan fingerprint density at radius 2 is 1.95 bits per heavy atom. The molecule has 2 radical (unpaired) electrons. The first-order valence-electron chi connectivity index (χ1n) is 5.03. The van der Waals surface area contributed by atoms with E-state index in [1.165, 1.54) is 30.3 Å². The number of hydrogen-bond acceptors (Lipinski definition) is 4. The van der Waals surface area contributed by atoms with E-state index in [2.05, 4.69) is 12.1 Å². The quantitative estimate of drug-likeness (QED) is 0.526. The summed E-state index contributed by atoms with van der Waals surface area (Å²) in [6, 6.07) is 13.0. The second-order valence-electron chi connectivity index (χ2n) is 3.62. The van der Waals surface area contributed by atoms with Crippen LogP contribution in [0.5, 0.6) is 0 Å². The van der Waals surface area contributed by atoms with Gasteiger partial charge in [-0.3, -0.25) is 14.7 Å². The summed E-state index contributed by atoms with van der Waals surface area (Å²) < 4.78 is 30.6. The number of hydrogen-bond donors (Lipinski definition) is 1. The summed E-state index contributed by atoms with van der Waals surface area (Å²) in [6.45, 7) is 0. The van der Waals surface area contributed by atoms with Crippen LogP contribution in [0.25, 0.3) is 11.1 Å².